The highest BCUT2D eigenvalue weighted by Gasteiger charge is 2.27. The molecule has 20 heavy (non-hydrogen) atoms. The Kier molecular flexibility index (Phi) is 5.33. The molecule has 1 aliphatic carbocycles. The number of benzene rings is 1. The molecule has 0 heterocycles. The Balaban J connectivity index is 1.84. The van der Waals surface area contributed by atoms with Crippen molar-refractivity contribution in [1.29, 1.82) is 0 Å². The fraction of sp³-hybridized carbons (Fsp3) is 0.529. The molecule has 2 rings (SSSR count). The van der Waals surface area contributed by atoms with Crippen LogP contribution in [0.4, 0.5) is 0 Å². The molecule has 0 radical (unpaired) electrons. The van der Waals surface area contributed by atoms with Crippen molar-refractivity contribution >= 4 is 11.8 Å². The van der Waals surface area contributed by atoms with Crippen LogP contribution in [0.1, 0.15) is 67.3 Å². The van der Waals surface area contributed by atoms with Crippen molar-refractivity contribution in [2.75, 3.05) is 6.61 Å². The Morgan fingerprint density at radius 2 is 1.95 bits per heavy atom. The number of ketones is 1. The largest absolute Gasteiger partial charge is 0.466 e. The zero-order valence-corrected chi connectivity index (χ0v) is 12.1. The van der Waals surface area contributed by atoms with Gasteiger partial charge >= 0.3 is 5.97 Å². The zero-order valence-electron chi connectivity index (χ0n) is 12.1. The van der Waals surface area contributed by atoms with Crippen LogP contribution in [-0.4, -0.2) is 18.4 Å². The second-order valence-electron chi connectivity index (χ2n) is 5.36. The summed E-state index contributed by atoms with van der Waals surface area (Å²) in [5.74, 6) is 0.335. The van der Waals surface area contributed by atoms with Crippen molar-refractivity contribution in [3.8, 4) is 0 Å². The van der Waals surface area contributed by atoms with Gasteiger partial charge in [0.1, 0.15) is 0 Å². The first-order valence-corrected chi connectivity index (χ1v) is 7.50. The third-order valence-corrected chi connectivity index (χ3v) is 3.60. The lowest BCUT2D eigenvalue weighted by atomic mass is 9.97. The first kappa shape index (κ1) is 14.8. The Hall–Kier alpha value is -1.64. The number of Topliss-reactive ketones (excluding diaryl/α,β-unsaturated/α-hetero) is 1. The number of carbonyl (C=O) groups is 2. The molecule has 0 amide bonds. The first-order valence-electron chi connectivity index (χ1n) is 7.50. The van der Waals surface area contributed by atoms with Crippen molar-refractivity contribution < 1.29 is 14.3 Å². The molecule has 108 valence electrons. The number of rotatable bonds is 8. The van der Waals surface area contributed by atoms with Crippen molar-refractivity contribution in [1.82, 2.24) is 0 Å². The number of esters is 1. The molecular formula is C17H22O3. The molecule has 0 aromatic heterocycles. The topological polar surface area (TPSA) is 43.4 Å². The predicted octanol–water partition coefficient (Wildman–Crippen LogP) is 3.87. The zero-order chi connectivity index (χ0) is 14.4. The van der Waals surface area contributed by atoms with E-state index in [9.17, 15) is 9.59 Å². The van der Waals surface area contributed by atoms with Gasteiger partial charge in [0.25, 0.3) is 0 Å². The quantitative estimate of drug-likeness (QED) is 0.410. The molecule has 0 spiro atoms. The summed E-state index contributed by atoms with van der Waals surface area (Å²) < 4.78 is 5.07. The van der Waals surface area contributed by atoms with E-state index in [0.717, 1.165) is 24.0 Å². The molecule has 1 aliphatic rings. The van der Waals surface area contributed by atoms with Crippen molar-refractivity contribution in [2.45, 2.75) is 51.4 Å². The van der Waals surface area contributed by atoms with Gasteiger partial charge in [-0.25, -0.2) is 0 Å². The minimum Gasteiger partial charge on any atom is -0.466 e. The van der Waals surface area contributed by atoms with E-state index in [1.807, 2.05) is 31.2 Å². The Bertz CT molecular complexity index is 475. The van der Waals surface area contributed by atoms with Gasteiger partial charge in [-0.3, -0.25) is 9.59 Å². The number of unbranched alkanes of at least 4 members (excludes halogenated alkanes) is 1. The lowest BCUT2D eigenvalue weighted by molar-refractivity contribution is -0.143. The van der Waals surface area contributed by atoms with Gasteiger partial charge in [-0.05, 0) is 30.7 Å². The van der Waals surface area contributed by atoms with Crippen LogP contribution in [0.3, 0.4) is 0 Å². The fourth-order valence-corrected chi connectivity index (χ4v) is 2.25. The average Bonchev–Trinajstić information content (AvgIpc) is 3.29. The molecular weight excluding hydrogens is 252 g/mol. The number of carbonyl (C=O) groups excluding carboxylic acids is 2. The van der Waals surface area contributed by atoms with Crippen LogP contribution in [0, 0.1) is 0 Å². The molecule has 1 aromatic rings. The molecule has 0 atom stereocenters. The van der Waals surface area contributed by atoms with E-state index >= 15 is 0 Å². The monoisotopic (exact) mass is 274 g/mol. The van der Waals surface area contributed by atoms with Crippen LogP contribution >= 0.6 is 0 Å². The summed E-state index contributed by atoms with van der Waals surface area (Å²) in [4.78, 5) is 23.7. The highest BCUT2D eigenvalue weighted by atomic mass is 16.5. The summed E-state index contributed by atoms with van der Waals surface area (Å²) in [5.41, 5.74) is 1.94. The summed E-state index contributed by atoms with van der Waals surface area (Å²) >= 11 is 0. The molecule has 1 fully saturated rings. The average molecular weight is 274 g/mol. The normalized spacial score (nSPS) is 14.1. The summed E-state index contributed by atoms with van der Waals surface area (Å²) in [6.45, 7) is 2.51. The van der Waals surface area contributed by atoms with Gasteiger partial charge in [0.15, 0.2) is 5.78 Å². The van der Waals surface area contributed by atoms with E-state index < -0.39 is 0 Å². The summed E-state index contributed by atoms with van der Waals surface area (Å²) in [5, 5.41) is 0. The van der Waals surface area contributed by atoms with Gasteiger partial charge in [0.2, 0.25) is 0 Å². The van der Waals surface area contributed by atoms with Crippen molar-refractivity contribution in [3.05, 3.63) is 35.4 Å². The van der Waals surface area contributed by atoms with E-state index in [0.29, 0.717) is 12.5 Å². The van der Waals surface area contributed by atoms with Crippen LogP contribution in [0.25, 0.3) is 0 Å². The molecule has 0 N–H and O–H groups in total. The third kappa shape index (κ3) is 4.19. The molecule has 0 saturated heterocycles. The summed E-state index contributed by atoms with van der Waals surface area (Å²) in [6.07, 6.45) is 4.65. The lowest BCUT2D eigenvalue weighted by Crippen LogP contribution is -2.10. The number of hydrogen-bond acceptors (Lipinski definition) is 3. The fourth-order valence-electron chi connectivity index (χ4n) is 2.25. The number of ether oxygens (including phenoxy) is 1. The van der Waals surface area contributed by atoms with Gasteiger partial charge in [-0.15, -0.1) is 0 Å². The second-order valence-corrected chi connectivity index (χ2v) is 5.36. The molecule has 0 bridgehead atoms. The van der Waals surface area contributed by atoms with E-state index in [4.69, 9.17) is 4.74 Å². The van der Waals surface area contributed by atoms with Crippen LogP contribution in [0.5, 0.6) is 0 Å². The second kappa shape index (κ2) is 7.22. The van der Waals surface area contributed by atoms with E-state index in [1.165, 1.54) is 12.8 Å². The lowest BCUT2D eigenvalue weighted by Gasteiger charge is -2.07. The van der Waals surface area contributed by atoms with Gasteiger partial charge in [0, 0.05) is 12.0 Å². The molecule has 1 aromatic carbocycles. The Labute approximate surface area is 120 Å². The van der Waals surface area contributed by atoms with Gasteiger partial charge in [-0.1, -0.05) is 37.6 Å². The molecule has 3 heteroatoms. The van der Waals surface area contributed by atoms with Gasteiger partial charge < -0.3 is 4.74 Å². The highest BCUT2D eigenvalue weighted by Crippen LogP contribution is 2.41. The van der Waals surface area contributed by atoms with Crippen LogP contribution in [0.2, 0.25) is 0 Å². The van der Waals surface area contributed by atoms with Crippen LogP contribution in [0.15, 0.2) is 24.3 Å². The Morgan fingerprint density at radius 1 is 1.20 bits per heavy atom. The molecule has 0 aliphatic heterocycles. The van der Waals surface area contributed by atoms with Crippen LogP contribution in [-0.2, 0) is 9.53 Å². The minimum atomic E-state index is -0.268. The molecule has 3 nitrogen and oxygen atoms in total. The van der Waals surface area contributed by atoms with Crippen molar-refractivity contribution in [3.63, 3.8) is 0 Å². The maximum Gasteiger partial charge on any atom is 0.306 e. The maximum atomic E-state index is 12.2. The van der Waals surface area contributed by atoms with E-state index in [-0.39, 0.29) is 24.6 Å². The molecule has 0 unspecified atom stereocenters. The SMILES string of the molecule is CCCCOC(=O)CCC(=O)c1ccccc1C1CC1. The van der Waals surface area contributed by atoms with Gasteiger partial charge in [-0.2, -0.15) is 0 Å². The Morgan fingerprint density at radius 3 is 2.65 bits per heavy atom. The number of hydrogen-bond donors (Lipinski definition) is 0. The van der Waals surface area contributed by atoms with Crippen LogP contribution < -0.4 is 0 Å². The summed E-state index contributed by atoms with van der Waals surface area (Å²) in [6, 6.07) is 7.77. The van der Waals surface area contributed by atoms with E-state index in [1.54, 1.807) is 0 Å². The predicted molar refractivity (Wildman–Crippen MR) is 77.8 cm³/mol. The van der Waals surface area contributed by atoms with Crippen molar-refractivity contribution in [2.24, 2.45) is 0 Å². The standard InChI is InChI=1S/C17H22O3/c1-2-3-12-20-17(19)11-10-16(18)15-7-5-4-6-14(15)13-8-9-13/h4-7,13H,2-3,8-12H2,1H3. The first-order chi connectivity index (χ1) is 9.72. The summed E-state index contributed by atoms with van der Waals surface area (Å²) in [7, 11) is 0. The molecule has 1 saturated carbocycles. The minimum absolute atomic E-state index is 0.0555. The van der Waals surface area contributed by atoms with Gasteiger partial charge in [0.05, 0.1) is 13.0 Å². The highest BCUT2D eigenvalue weighted by molar-refractivity contribution is 5.99. The van der Waals surface area contributed by atoms with E-state index in [2.05, 4.69) is 0 Å². The third-order valence-electron chi connectivity index (χ3n) is 3.60. The maximum absolute atomic E-state index is 12.2. The smallest absolute Gasteiger partial charge is 0.306 e.